The molecule has 17 heavy (non-hydrogen) atoms. The van der Waals surface area contributed by atoms with Crippen molar-refractivity contribution in [2.24, 2.45) is 5.92 Å². The molecule has 1 aromatic rings. The van der Waals surface area contributed by atoms with Crippen molar-refractivity contribution in [2.45, 2.75) is 45.1 Å². The zero-order chi connectivity index (χ0) is 12.1. The van der Waals surface area contributed by atoms with Crippen molar-refractivity contribution >= 4 is 11.6 Å². The van der Waals surface area contributed by atoms with Crippen molar-refractivity contribution in [3.8, 4) is 0 Å². The standard InChI is InChI=1S/C13H22N4/c1-10-4-3-5-11(7-6-10)17-13-8-12(14-2)15-9-16-13/h8-11H,3-7H2,1-2H3,(H2,14,15,16,17). The lowest BCUT2D eigenvalue weighted by atomic mass is 10.0. The smallest absolute Gasteiger partial charge is 0.131 e. The van der Waals surface area contributed by atoms with Gasteiger partial charge in [-0.25, -0.2) is 9.97 Å². The number of aromatic nitrogens is 2. The first-order valence-corrected chi connectivity index (χ1v) is 6.54. The normalized spacial score (nSPS) is 25.1. The van der Waals surface area contributed by atoms with Gasteiger partial charge in [0, 0.05) is 19.2 Å². The first-order valence-electron chi connectivity index (χ1n) is 6.54. The summed E-state index contributed by atoms with van der Waals surface area (Å²) in [5.41, 5.74) is 0. The van der Waals surface area contributed by atoms with Crippen LogP contribution in [0, 0.1) is 5.92 Å². The van der Waals surface area contributed by atoms with Gasteiger partial charge in [0.2, 0.25) is 0 Å². The predicted octanol–water partition coefficient (Wildman–Crippen LogP) is 2.90. The fraction of sp³-hybridized carbons (Fsp3) is 0.692. The SMILES string of the molecule is CNc1cc(NC2CCCC(C)CC2)ncn1. The van der Waals surface area contributed by atoms with Crippen LogP contribution < -0.4 is 10.6 Å². The van der Waals surface area contributed by atoms with Gasteiger partial charge in [0.25, 0.3) is 0 Å². The maximum Gasteiger partial charge on any atom is 0.131 e. The first-order chi connectivity index (χ1) is 8.28. The highest BCUT2D eigenvalue weighted by Gasteiger charge is 2.16. The minimum absolute atomic E-state index is 0.569. The van der Waals surface area contributed by atoms with Crippen molar-refractivity contribution in [3.05, 3.63) is 12.4 Å². The lowest BCUT2D eigenvalue weighted by Crippen LogP contribution is -2.19. The molecular weight excluding hydrogens is 212 g/mol. The van der Waals surface area contributed by atoms with Crippen LogP contribution in [0.3, 0.4) is 0 Å². The number of nitrogens with one attached hydrogen (secondary N) is 2. The molecule has 4 nitrogen and oxygen atoms in total. The monoisotopic (exact) mass is 234 g/mol. The van der Waals surface area contributed by atoms with Crippen molar-refractivity contribution in [2.75, 3.05) is 17.7 Å². The average molecular weight is 234 g/mol. The molecule has 0 bridgehead atoms. The van der Waals surface area contributed by atoms with Gasteiger partial charge >= 0.3 is 0 Å². The predicted molar refractivity (Wildman–Crippen MR) is 71.2 cm³/mol. The molecule has 0 saturated heterocycles. The first kappa shape index (κ1) is 12.1. The topological polar surface area (TPSA) is 49.8 Å². The van der Waals surface area contributed by atoms with Gasteiger partial charge in [-0.2, -0.15) is 0 Å². The summed E-state index contributed by atoms with van der Waals surface area (Å²) in [6.07, 6.45) is 8.12. The lowest BCUT2D eigenvalue weighted by molar-refractivity contribution is 0.502. The van der Waals surface area contributed by atoms with E-state index in [1.165, 1.54) is 32.1 Å². The Kier molecular flexibility index (Phi) is 4.18. The molecule has 0 aromatic carbocycles. The summed E-state index contributed by atoms with van der Waals surface area (Å²) in [5.74, 6) is 2.67. The second-order valence-corrected chi connectivity index (χ2v) is 4.99. The van der Waals surface area contributed by atoms with E-state index >= 15 is 0 Å². The van der Waals surface area contributed by atoms with Crippen LogP contribution in [-0.2, 0) is 0 Å². The summed E-state index contributed by atoms with van der Waals surface area (Å²) in [6, 6.07) is 2.54. The van der Waals surface area contributed by atoms with Crippen LogP contribution >= 0.6 is 0 Å². The van der Waals surface area contributed by atoms with Crippen LogP contribution in [0.15, 0.2) is 12.4 Å². The second kappa shape index (κ2) is 5.84. The van der Waals surface area contributed by atoms with Crippen molar-refractivity contribution in [1.82, 2.24) is 9.97 Å². The molecule has 0 aliphatic heterocycles. The zero-order valence-corrected chi connectivity index (χ0v) is 10.7. The van der Waals surface area contributed by atoms with Crippen LogP contribution in [0.4, 0.5) is 11.6 Å². The molecule has 1 heterocycles. The molecule has 4 heteroatoms. The number of hydrogen-bond donors (Lipinski definition) is 2. The Morgan fingerprint density at radius 3 is 2.76 bits per heavy atom. The molecule has 1 aromatic heterocycles. The highest BCUT2D eigenvalue weighted by atomic mass is 15.1. The van der Waals surface area contributed by atoms with E-state index < -0.39 is 0 Å². The summed E-state index contributed by atoms with van der Waals surface area (Å²) in [5, 5.41) is 6.56. The second-order valence-electron chi connectivity index (χ2n) is 4.99. The average Bonchev–Trinajstić information content (AvgIpc) is 2.55. The number of anilines is 2. The van der Waals surface area contributed by atoms with Gasteiger partial charge in [-0.05, 0) is 25.2 Å². The van der Waals surface area contributed by atoms with Crippen LogP contribution in [-0.4, -0.2) is 23.1 Å². The molecule has 1 fully saturated rings. The molecule has 0 radical (unpaired) electrons. The fourth-order valence-corrected chi connectivity index (χ4v) is 2.41. The molecule has 1 saturated carbocycles. The Hall–Kier alpha value is -1.32. The van der Waals surface area contributed by atoms with Gasteiger partial charge in [-0.15, -0.1) is 0 Å². The largest absolute Gasteiger partial charge is 0.373 e. The van der Waals surface area contributed by atoms with Gasteiger partial charge < -0.3 is 10.6 Å². The van der Waals surface area contributed by atoms with Gasteiger partial charge in [0.05, 0.1) is 0 Å². The third-order valence-corrected chi connectivity index (χ3v) is 3.53. The zero-order valence-electron chi connectivity index (χ0n) is 10.7. The van der Waals surface area contributed by atoms with Gasteiger partial charge in [0.15, 0.2) is 0 Å². The number of nitrogens with zero attached hydrogens (tertiary/aromatic N) is 2. The number of rotatable bonds is 3. The molecule has 2 N–H and O–H groups in total. The summed E-state index contributed by atoms with van der Waals surface area (Å²) in [4.78, 5) is 8.39. The van der Waals surface area contributed by atoms with Crippen LogP contribution in [0.2, 0.25) is 0 Å². The summed E-state index contributed by atoms with van der Waals surface area (Å²) < 4.78 is 0. The summed E-state index contributed by atoms with van der Waals surface area (Å²) >= 11 is 0. The molecule has 2 unspecified atom stereocenters. The molecule has 2 rings (SSSR count). The Bertz CT molecular complexity index is 353. The van der Waals surface area contributed by atoms with Crippen LogP contribution in [0.5, 0.6) is 0 Å². The Balaban J connectivity index is 1.94. The summed E-state index contributed by atoms with van der Waals surface area (Å²) in [7, 11) is 1.87. The molecule has 94 valence electrons. The van der Waals surface area contributed by atoms with E-state index in [9.17, 15) is 0 Å². The van der Waals surface area contributed by atoms with Crippen LogP contribution in [0.25, 0.3) is 0 Å². The minimum atomic E-state index is 0.569. The van der Waals surface area contributed by atoms with E-state index in [0.717, 1.165) is 17.6 Å². The Labute approximate surface area is 103 Å². The third kappa shape index (κ3) is 3.58. The van der Waals surface area contributed by atoms with Gasteiger partial charge in [-0.3, -0.25) is 0 Å². The van der Waals surface area contributed by atoms with E-state index in [1.807, 2.05) is 13.1 Å². The van der Waals surface area contributed by atoms with Gasteiger partial charge in [-0.1, -0.05) is 19.8 Å². The highest BCUT2D eigenvalue weighted by Crippen LogP contribution is 2.24. The van der Waals surface area contributed by atoms with E-state index in [0.29, 0.717) is 6.04 Å². The van der Waals surface area contributed by atoms with Crippen molar-refractivity contribution in [1.29, 1.82) is 0 Å². The molecule has 1 aliphatic carbocycles. The maximum absolute atomic E-state index is 4.27. The minimum Gasteiger partial charge on any atom is -0.373 e. The van der Waals surface area contributed by atoms with E-state index in [4.69, 9.17) is 0 Å². The summed E-state index contributed by atoms with van der Waals surface area (Å²) in [6.45, 7) is 2.35. The van der Waals surface area contributed by atoms with Crippen LogP contribution in [0.1, 0.15) is 39.0 Å². The molecular formula is C13H22N4. The fourth-order valence-electron chi connectivity index (χ4n) is 2.41. The van der Waals surface area contributed by atoms with Crippen molar-refractivity contribution in [3.63, 3.8) is 0 Å². The molecule has 0 amide bonds. The van der Waals surface area contributed by atoms with E-state index in [2.05, 4.69) is 27.5 Å². The quantitative estimate of drug-likeness (QED) is 0.790. The number of hydrogen-bond acceptors (Lipinski definition) is 4. The van der Waals surface area contributed by atoms with Crippen molar-refractivity contribution < 1.29 is 0 Å². The Morgan fingerprint density at radius 2 is 1.94 bits per heavy atom. The molecule has 2 atom stereocenters. The van der Waals surface area contributed by atoms with Gasteiger partial charge in [0.1, 0.15) is 18.0 Å². The maximum atomic E-state index is 4.27. The Morgan fingerprint density at radius 1 is 1.12 bits per heavy atom. The molecule has 1 aliphatic rings. The third-order valence-electron chi connectivity index (χ3n) is 3.53. The van der Waals surface area contributed by atoms with E-state index in [-0.39, 0.29) is 0 Å². The lowest BCUT2D eigenvalue weighted by Gasteiger charge is -2.17. The molecule has 0 spiro atoms. The highest BCUT2D eigenvalue weighted by molar-refractivity contribution is 5.46. The van der Waals surface area contributed by atoms with E-state index in [1.54, 1.807) is 6.33 Å².